The Kier molecular flexibility index (Phi) is 4.78. The minimum atomic E-state index is 0.0451. The van der Waals surface area contributed by atoms with Gasteiger partial charge >= 0.3 is 0 Å². The number of amides is 1. The lowest BCUT2D eigenvalue weighted by Gasteiger charge is -2.34. The Morgan fingerprint density at radius 2 is 2.00 bits per heavy atom. The molecule has 4 heteroatoms. The maximum Gasteiger partial charge on any atom is 0.238 e. The van der Waals surface area contributed by atoms with E-state index in [4.69, 9.17) is 5.73 Å². The van der Waals surface area contributed by atoms with Gasteiger partial charge in [-0.25, -0.2) is 0 Å². The minimum Gasteiger partial charge on any atom is -0.327 e. The molecule has 1 aliphatic heterocycles. The molecular formula is C16H25N3O. The van der Waals surface area contributed by atoms with E-state index < -0.39 is 0 Å². The Morgan fingerprint density at radius 1 is 1.35 bits per heavy atom. The normalized spacial score (nSPS) is 23.6. The van der Waals surface area contributed by atoms with Crippen molar-refractivity contribution in [1.29, 1.82) is 0 Å². The summed E-state index contributed by atoms with van der Waals surface area (Å²) in [5.41, 5.74) is 9.15. The molecule has 1 saturated heterocycles. The molecule has 0 saturated carbocycles. The van der Waals surface area contributed by atoms with Gasteiger partial charge in [-0.05, 0) is 37.3 Å². The number of para-hydroxylation sites is 1. The van der Waals surface area contributed by atoms with E-state index in [1.807, 2.05) is 32.0 Å². The molecule has 4 nitrogen and oxygen atoms in total. The Morgan fingerprint density at radius 3 is 2.60 bits per heavy atom. The molecule has 0 spiro atoms. The topological polar surface area (TPSA) is 58.4 Å². The molecule has 0 aliphatic carbocycles. The molecule has 1 aliphatic rings. The number of hydrogen-bond acceptors (Lipinski definition) is 3. The summed E-state index contributed by atoms with van der Waals surface area (Å²) < 4.78 is 0. The molecule has 0 bridgehead atoms. The average Bonchev–Trinajstić information content (AvgIpc) is 2.32. The molecule has 1 aromatic rings. The number of likely N-dealkylation sites (tertiary alicyclic amines) is 1. The Labute approximate surface area is 121 Å². The van der Waals surface area contributed by atoms with Crippen molar-refractivity contribution in [2.24, 2.45) is 11.7 Å². The molecule has 1 amide bonds. The fourth-order valence-corrected chi connectivity index (χ4v) is 3.04. The molecule has 20 heavy (non-hydrogen) atoms. The number of anilines is 1. The van der Waals surface area contributed by atoms with Gasteiger partial charge in [0.2, 0.25) is 5.91 Å². The lowest BCUT2D eigenvalue weighted by Crippen LogP contribution is -2.48. The van der Waals surface area contributed by atoms with Gasteiger partial charge < -0.3 is 11.1 Å². The Balaban J connectivity index is 1.95. The number of nitrogens with zero attached hydrogens (tertiary/aromatic N) is 1. The van der Waals surface area contributed by atoms with Crippen molar-refractivity contribution in [2.75, 3.05) is 25.0 Å². The highest BCUT2D eigenvalue weighted by atomic mass is 16.2. The second-order valence-electron chi connectivity index (χ2n) is 6.11. The van der Waals surface area contributed by atoms with Gasteiger partial charge in [-0.1, -0.05) is 25.1 Å². The number of carbonyl (C=O) groups is 1. The van der Waals surface area contributed by atoms with Crippen molar-refractivity contribution >= 4 is 11.6 Å². The van der Waals surface area contributed by atoms with Crippen molar-refractivity contribution in [1.82, 2.24) is 4.90 Å². The first-order valence-electron chi connectivity index (χ1n) is 7.29. The molecule has 110 valence electrons. The zero-order chi connectivity index (χ0) is 14.7. The second kappa shape index (κ2) is 6.37. The Hall–Kier alpha value is -1.39. The molecule has 3 N–H and O–H groups in total. The van der Waals surface area contributed by atoms with Crippen molar-refractivity contribution < 1.29 is 4.79 Å². The maximum absolute atomic E-state index is 12.2. The van der Waals surface area contributed by atoms with Gasteiger partial charge in [0.25, 0.3) is 0 Å². The second-order valence-corrected chi connectivity index (χ2v) is 6.11. The molecule has 2 rings (SSSR count). The SMILES string of the molecule is Cc1cccc(C)c1NC(=O)CN1CC(C)CC(N)C1. The molecule has 0 radical (unpaired) electrons. The lowest BCUT2D eigenvalue weighted by atomic mass is 9.97. The molecule has 1 heterocycles. The van der Waals surface area contributed by atoms with E-state index in [1.165, 1.54) is 0 Å². The summed E-state index contributed by atoms with van der Waals surface area (Å²) in [4.78, 5) is 14.4. The zero-order valence-electron chi connectivity index (χ0n) is 12.6. The van der Waals surface area contributed by atoms with E-state index in [0.717, 1.165) is 36.3 Å². The summed E-state index contributed by atoms with van der Waals surface area (Å²) in [5.74, 6) is 0.607. The highest BCUT2D eigenvalue weighted by molar-refractivity contribution is 5.93. The number of nitrogens with one attached hydrogen (secondary N) is 1. The summed E-state index contributed by atoms with van der Waals surface area (Å²) in [5, 5.41) is 3.03. The van der Waals surface area contributed by atoms with Crippen molar-refractivity contribution in [2.45, 2.75) is 33.2 Å². The van der Waals surface area contributed by atoms with Crippen LogP contribution in [0.3, 0.4) is 0 Å². The predicted octanol–water partition coefficient (Wildman–Crippen LogP) is 1.91. The fraction of sp³-hybridized carbons (Fsp3) is 0.562. The Bertz CT molecular complexity index is 456. The number of aryl methyl sites for hydroxylation is 2. The van der Waals surface area contributed by atoms with Crippen LogP contribution in [0.5, 0.6) is 0 Å². The van der Waals surface area contributed by atoms with Crippen LogP contribution in [0.1, 0.15) is 24.5 Å². The van der Waals surface area contributed by atoms with Crippen LogP contribution >= 0.6 is 0 Å². The summed E-state index contributed by atoms with van der Waals surface area (Å²) >= 11 is 0. The molecule has 1 fully saturated rings. The number of rotatable bonds is 3. The molecule has 2 unspecified atom stereocenters. The summed E-state index contributed by atoms with van der Waals surface area (Å²) in [6, 6.07) is 6.22. The monoisotopic (exact) mass is 275 g/mol. The summed E-state index contributed by atoms with van der Waals surface area (Å²) in [7, 11) is 0. The third-order valence-electron chi connectivity index (χ3n) is 3.88. The lowest BCUT2D eigenvalue weighted by molar-refractivity contribution is -0.117. The van der Waals surface area contributed by atoms with Crippen LogP contribution < -0.4 is 11.1 Å². The standard InChI is InChI=1S/C16H25N3O/c1-11-7-14(17)9-19(8-11)10-15(20)18-16-12(2)5-4-6-13(16)3/h4-6,11,14H,7-10,17H2,1-3H3,(H,18,20). The average molecular weight is 275 g/mol. The number of benzene rings is 1. The summed E-state index contributed by atoms with van der Waals surface area (Å²) in [6.45, 7) is 8.41. The highest BCUT2D eigenvalue weighted by Gasteiger charge is 2.23. The first kappa shape index (κ1) is 15.0. The fourth-order valence-electron chi connectivity index (χ4n) is 3.04. The number of nitrogens with two attached hydrogens (primary N) is 1. The minimum absolute atomic E-state index is 0.0451. The van der Waals surface area contributed by atoms with E-state index in [9.17, 15) is 4.79 Å². The van der Waals surface area contributed by atoms with Crippen LogP contribution in [0.15, 0.2) is 18.2 Å². The largest absolute Gasteiger partial charge is 0.327 e. The van der Waals surface area contributed by atoms with Crippen LogP contribution in [-0.2, 0) is 4.79 Å². The van der Waals surface area contributed by atoms with Gasteiger partial charge in [-0.2, -0.15) is 0 Å². The third kappa shape index (κ3) is 3.81. The van der Waals surface area contributed by atoms with Crippen LogP contribution in [0.2, 0.25) is 0 Å². The first-order chi connectivity index (χ1) is 9.45. The van der Waals surface area contributed by atoms with Gasteiger partial charge in [-0.15, -0.1) is 0 Å². The smallest absolute Gasteiger partial charge is 0.238 e. The van der Waals surface area contributed by atoms with Crippen molar-refractivity contribution in [3.8, 4) is 0 Å². The zero-order valence-corrected chi connectivity index (χ0v) is 12.6. The van der Waals surface area contributed by atoms with E-state index >= 15 is 0 Å². The van der Waals surface area contributed by atoms with E-state index in [0.29, 0.717) is 12.5 Å². The molecule has 1 aromatic carbocycles. The van der Waals surface area contributed by atoms with Crippen LogP contribution in [0.4, 0.5) is 5.69 Å². The van der Waals surface area contributed by atoms with E-state index in [-0.39, 0.29) is 11.9 Å². The van der Waals surface area contributed by atoms with Gasteiger partial charge in [0.05, 0.1) is 6.54 Å². The molecule has 2 atom stereocenters. The third-order valence-corrected chi connectivity index (χ3v) is 3.88. The van der Waals surface area contributed by atoms with Crippen LogP contribution in [-0.4, -0.2) is 36.5 Å². The van der Waals surface area contributed by atoms with Crippen molar-refractivity contribution in [3.63, 3.8) is 0 Å². The van der Waals surface area contributed by atoms with Crippen molar-refractivity contribution in [3.05, 3.63) is 29.3 Å². The van der Waals surface area contributed by atoms with Gasteiger partial charge in [0.1, 0.15) is 0 Å². The van der Waals surface area contributed by atoms with E-state index in [1.54, 1.807) is 0 Å². The number of piperidine rings is 1. The quantitative estimate of drug-likeness (QED) is 0.886. The number of hydrogen-bond donors (Lipinski definition) is 2. The van der Waals surface area contributed by atoms with Gasteiger partial charge in [0.15, 0.2) is 0 Å². The maximum atomic E-state index is 12.2. The van der Waals surface area contributed by atoms with Crippen LogP contribution in [0.25, 0.3) is 0 Å². The molecule has 0 aromatic heterocycles. The van der Waals surface area contributed by atoms with Crippen LogP contribution in [0, 0.1) is 19.8 Å². The molecular weight excluding hydrogens is 250 g/mol. The highest BCUT2D eigenvalue weighted by Crippen LogP contribution is 2.20. The number of carbonyl (C=O) groups excluding carboxylic acids is 1. The summed E-state index contributed by atoms with van der Waals surface area (Å²) in [6.07, 6.45) is 1.05. The van der Waals surface area contributed by atoms with E-state index in [2.05, 4.69) is 17.1 Å². The predicted molar refractivity (Wildman–Crippen MR) is 82.7 cm³/mol. The van der Waals surface area contributed by atoms with Gasteiger partial charge in [-0.3, -0.25) is 9.69 Å². The first-order valence-corrected chi connectivity index (χ1v) is 7.29. The van der Waals surface area contributed by atoms with Gasteiger partial charge in [0, 0.05) is 24.8 Å².